The molecule has 114 valence electrons. The number of hydrogen-bond donors (Lipinski definition) is 1. The van der Waals surface area contributed by atoms with E-state index in [-0.39, 0.29) is 15.7 Å². The van der Waals surface area contributed by atoms with Crippen LogP contribution < -0.4 is 5.32 Å². The molecule has 0 saturated heterocycles. The molecule has 0 aliphatic heterocycles. The van der Waals surface area contributed by atoms with Gasteiger partial charge in [-0.2, -0.15) is 0 Å². The molecule has 1 aromatic heterocycles. The van der Waals surface area contributed by atoms with E-state index in [1.807, 2.05) is 0 Å². The molecule has 0 atom stereocenters. The third-order valence-electron chi connectivity index (χ3n) is 2.52. The highest BCUT2D eigenvalue weighted by atomic mass is 35.5. The summed E-state index contributed by atoms with van der Waals surface area (Å²) in [5, 5.41) is 3.18. The largest absolute Gasteiger partial charge is 0.452 e. The van der Waals surface area contributed by atoms with Crippen molar-refractivity contribution in [3.63, 3.8) is 0 Å². The number of rotatable bonds is 4. The number of anilines is 1. The van der Waals surface area contributed by atoms with Crippen LogP contribution in [-0.4, -0.2) is 23.5 Å². The Morgan fingerprint density at radius 1 is 1.18 bits per heavy atom. The van der Waals surface area contributed by atoms with Gasteiger partial charge in [-0.3, -0.25) is 4.79 Å². The first-order valence-electron chi connectivity index (χ1n) is 6.00. The van der Waals surface area contributed by atoms with Gasteiger partial charge in [-0.25, -0.2) is 9.78 Å². The molecule has 2 rings (SSSR count). The van der Waals surface area contributed by atoms with Crippen molar-refractivity contribution in [1.29, 1.82) is 0 Å². The fraction of sp³-hybridized carbons (Fsp3) is 0.0714. The Morgan fingerprint density at radius 3 is 2.68 bits per heavy atom. The molecule has 1 N–H and O–H groups in total. The smallest absolute Gasteiger partial charge is 0.338 e. The predicted molar refractivity (Wildman–Crippen MR) is 84.6 cm³/mol. The van der Waals surface area contributed by atoms with Crippen molar-refractivity contribution in [3.8, 4) is 0 Å². The van der Waals surface area contributed by atoms with Crippen LogP contribution in [0.3, 0.4) is 0 Å². The minimum Gasteiger partial charge on any atom is -0.452 e. The molecule has 8 heteroatoms. The molecule has 22 heavy (non-hydrogen) atoms. The van der Waals surface area contributed by atoms with Crippen molar-refractivity contribution < 1.29 is 14.3 Å². The number of nitrogens with one attached hydrogen (secondary N) is 1. The van der Waals surface area contributed by atoms with E-state index in [2.05, 4.69) is 10.3 Å². The number of amides is 1. The zero-order valence-electron chi connectivity index (χ0n) is 11.0. The fourth-order valence-corrected chi connectivity index (χ4v) is 2.05. The molecule has 0 radical (unpaired) electrons. The third kappa shape index (κ3) is 4.34. The number of aromatic nitrogens is 1. The number of ether oxygens (including phenoxy) is 1. The summed E-state index contributed by atoms with van der Waals surface area (Å²) < 4.78 is 4.87. The topological polar surface area (TPSA) is 68.3 Å². The maximum atomic E-state index is 11.8. The molecule has 0 saturated carbocycles. The van der Waals surface area contributed by atoms with Gasteiger partial charge in [0.15, 0.2) is 6.61 Å². The van der Waals surface area contributed by atoms with Gasteiger partial charge < -0.3 is 10.1 Å². The summed E-state index contributed by atoms with van der Waals surface area (Å²) >= 11 is 17.4. The summed E-state index contributed by atoms with van der Waals surface area (Å²) in [4.78, 5) is 27.2. The van der Waals surface area contributed by atoms with Crippen LogP contribution in [-0.2, 0) is 9.53 Å². The number of benzene rings is 1. The van der Waals surface area contributed by atoms with Crippen molar-refractivity contribution in [2.24, 2.45) is 0 Å². The molecular formula is C14H9Cl3N2O3. The van der Waals surface area contributed by atoms with E-state index in [0.29, 0.717) is 10.7 Å². The fourth-order valence-electron chi connectivity index (χ4n) is 1.53. The van der Waals surface area contributed by atoms with E-state index in [4.69, 9.17) is 39.5 Å². The summed E-state index contributed by atoms with van der Waals surface area (Å²) in [5.74, 6) is -1.23. The number of halogens is 3. The van der Waals surface area contributed by atoms with Gasteiger partial charge in [0.05, 0.1) is 21.3 Å². The summed E-state index contributed by atoms with van der Waals surface area (Å²) in [7, 11) is 0. The minimum atomic E-state index is -0.684. The molecule has 0 fully saturated rings. The van der Waals surface area contributed by atoms with Gasteiger partial charge >= 0.3 is 5.97 Å². The van der Waals surface area contributed by atoms with Crippen LogP contribution in [0.2, 0.25) is 15.2 Å². The zero-order valence-corrected chi connectivity index (χ0v) is 13.2. The van der Waals surface area contributed by atoms with Gasteiger partial charge in [0, 0.05) is 6.20 Å². The van der Waals surface area contributed by atoms with E-state index in [1.165, 1.54) is 18.3 Å². The SMILES string of the molecule is O=C(COC(=O)c1ccnc(Cl)c1)Nc1cccc(Cl)c1Cl. The molecule has 1 amide bonds. The highest BCUT2D eigenvalue weighted by molar-refractivity contribution is 6.44. The first-order valence-corrected chi connectivity index (χ1v) is 7.13. The zero-order chi connectivity index (χ0) is 16.1. The summed E-state index contributed by atoms with van der Waals surface area (Å²) in [6.07, 6.45) is 1.37. The first-order chi connectivity index (χ1) is 10.5. The number of pyridine rings is 1. The lowest BCUT2D eigenvalue weighted by Gasteiger charge is -2.08. The van der Waals surface area contributed by atoms with Crippen molar-refractivity contribution in [3.05, 3.63) is 57.3 Å². The monoisotopic (exact) mass is 358 g/mol. The maximum Gasteiger partial charge on any atom is 0.338 e. The summed E-state index contributed by atoms with van der Waals surface area (Å²) in [6.45, 7) is -0.471. The van der Waals surface area contributed by atoms with Crippen LogP contribution in [0, 0.1) is 0 Å². The summed E-state index contributed by atoms with van der Waals surface area (Å²) in [6, 6.07) is 7.58. The van der Waals surface area contributed by atoms with Crippen molar-refractivity contribution >= 4 is 52.4 Å². The second-order valence-electron chi connectivity index (χ2n) is 4.09. The van der Waals surface area contributed by atoms with Crippen LogP contribution in [0.15, 0.2) is 36.5 Å². The van der Waals surface area contributed by atoms with Crippen molar-refractivity contribution in [2.45, 2.75) is 0 Å². The van der Waals surface area contributed by atoms with Crippen LogP contribution in [0.4, 0.5) is 5.69 Å². The average Bonchev–Trinajstić information content (AvgIpc) is 2.49. The Kier molecular flexibility index (Phi) is 5.60. The predicted octanol–water partition coefficient (Wildman–Crippen LogP) is 3.84. The number of carbonyl (C=O) groups is 2. The molecule has 0 bridgehead atoms. The Bertz CT molecular complexity index is 722. The quantitative estimate of drug-likeness (QED) is 0.665. The van der Waals surface area contributed by atoms with Crippen LogP contribution in [0.1, 0.15) is 10.4 Å². The van der Waals surface area contributed by atoms with E-state index in [9.17, 15) is 9.59 Å². The standard InChI is InChI=1S/C14H9Cl3N2O3/c15-9-2-1-3-10(13(9)17)19-12(20)7-22-14(21)8-4-5-18-11(16)6-8/h1-6H,7H2,(H,19,20). The normalized spacial score (nSPS) is 10.1. The van der Waals surface area contributed by atoms with Crippen LogP contribution >= 0.6 is 34.8 Å². The van der Waals surface area contributed by atoms with Gasteiger partial charge in [-0.15, -0.1) is 0 Å². The number of nitrogens with zero attached hydrogens (tertiary/aromatic N) is 1. The van der Waals surface area contributed by atoms with Gasteiger partial charge in [0.1, 0.15) is 5.15 Å². The second-order valence-corrected chi connectivity index (χ2v) is 5.27. The molecule has 0 spiro atoms. The Hall–Kier alpha value is -1.82. The Labute approximate surface area is 141 Å². The maximum absolute atomic E-state index is 11.8. The van der Waals surface area contributed by atoms with E-state index in [1.54, 1.807) is 18.2 Å². The molecule has 1 aromatic carbocycles. The van der Waals surface area contributed by atoms with Gasteiger partial charge in [-0.05, 0) is 24.3 Å². The molecule has 0 aliphatic rings. The molecule has 2 aromatic rings. The first kappa shape index (κ1) is 16.5. The number of hydrogen-bond acceptors (Lipinski definition) is 4. The number of esters is 1. The average molecular weight is 360 g/mol. The lowest BCUT2D eigenvalue weighted by atomic mass is 10.3. The van der Waals surface area contributed by atoms with Crippen molar-refractivity contribution in [1.82, 2.24) is 4.98 Å². The second kappa shape index (κ2) is 7.45. The molecule has 1 heterocycles. The summed E-state index contributed by atoms with van der Waals surface area (Å²) in [5.41, 5.74) is 0.538. The Morgan fingerprint density at radius 2 is 1.95 bits per heavy atom. The van der Waals surface area contributed by atoms with Crippen molar-refractivity contribution in [2.75, 3.05) is 11.9 Å². The lowest BCUT2D eigenvalue weighted by molar-refractivity contribution is -0.119. The van der Waals surface area contributed by atoms with E-state index < -0.39 is 18.5 Å². The van der Waals surface area contributed by atoms with Gasteiger partial charge in [0.25, 0.3) is 5.91 Å². The minimum absolute atomic E-state index is 0.157. The molecule has 0 aliphatic carbocycles. The van der Waals surface area contributed by atoms with Gasteiger partial charge in [0.2, 0.25) is 0 Å². The van der Waals surface area contributed by atoms with E-state index in [0.717, 1.165) is 0 Å². The van der Waals surface area contributed by atoms with Gasteiger partial charge in [-0.1, -0.05) is 40.9 Å². The Balaban J connectivity index is 1.93. The molecular weight excluding hydrogens is 351 g/mol. The van der Waals surface area contributed by atoms with Crippen LogP contribution in [0.25, 0.3) is 0 Å². The highest BCUT2D eigenvalue weighted by Gasteiger charge is 2.12. The molecule has 0 unspecified atom stereocenters. The van der Waals surface area contributed by atoms with E-state index >= 15 is 0 Å². The molecule has 5 nitrogen and oxygen atoms in total. The third-order valence-corrected chi connectivity index (χ3v) is 3.55. The lowest BCUT2D eigenvalue weighted by Crippen LogP contribution is -2.21. The van der Waals surface area contributed by atoms with Crippen LogP contribution in [0.5, 0.6) is 0 Å². The number of carbonyl (C=O) groups excluding carboxylic acids is 2. The highest BCUT2D eigenvalue weighted by Crippen LogP contribution is 2.29.